The van der Waals surface area contributed by atoms with Crippen LogP contribution in [0.4, 0.5) is 0 Å². The number of aromatic hydroxyl groups is 1. The van der Waals surface area contributed by atoms with Gasteiger partial charge >= 0.3 is 0 Å². The molecule has 13 heavy (non-hydrogen) atoms. The Balaban J connectivity index is 2.42. The van der Waals surface area contributed by atoms with Gasteiger partial charge in [-0.3, -0.25) is 0 Å². The van der Waals surface area contributed by atoms with Crippen LogP contribution in [0.1, 0.15) is 0 Å². The number of aromatic nitrogens is 3. The highest BCUT2D eigenvalue weighted by Gasteiger charge is 1.98. The largest absolute Gasteiger partial charge is 0.508 e. The average molecular weight is 173 g/mol. The molecule has 0 amide bonds. The molecule has 1 heterocycles. The van der Waals surface area contributed by atoms with Crippen molar-refractivity contribution in [3.8, 4) is 17.1 Å². The van der Waals surface area contributed by atoms with Crippen molar-refractivity contribution < 1.29 is 5.11 Å². The number of phenolic OH excluding ortho intramolecular Hbond substituents is 1. The number of hydrogen-bond donors (Lipinski definition) is 1. The number of rotatable bonds is 1. The van der Waals surface area contributed by atoms with Gasteiger partial charge in [-0.15, -0.1) is 5.10 Å². The molecule has 1 aromatic heterocycles. The Bertz CT molecular complexity index is 385. The van der Waals surface area contributed by atoms with Crippen LogP contribution < -0.4 is 0 Å². The summed E-state index contributed by atoms with van der Waals surface area (Å²) in [5.41, 5.74) is 0.839. The summed E-state index contributed by atoms with van der Waals surface area (Å²) >= 11 is 0. The molecule has 2 aromatic rings. The summed E-state index contributed by atoms with van der Waals surface area (Å²) in [5, 5.41) is 16.6. The zero-order chi connectivity index (χ0) is 9.10. The van der Waals surface area contributed by atoms with Crippen LogP contribution in [0, 0.1) is 0 Å². The SMILES string of the molecule is Oc1ccc(-c2nccnn2)cc1. The summed E-state index contributed by atoms with van der Waals surface area (Å²) in [6.45, 7) is 0. The van der Waals surface area contributed by atoms with Crippen molar-refractivity contribution in [2.75, 3.05) is 0 Å². The van der Waals surface area contributed by atoms with Crippen LogP contribution in [0.5, 0.6) is 5.75 Å². The van der Waals surface area contributed by atoms with Crippen molar-refractivity contribution in [1.29, 1.82) is 0 Å². The lowest BCUT2D eigenvalue weighted by atomic mass is 10.2. The van der Waals surface area contributed by atoms with E-state index in [0.29, 0.717) is 5.82 Å². The summed E-state index contributed by atoms with van der Waals surface area (Å²) in [7, 11) is 0. The van der Waals surface area contributed by atoms with Crippen molar-refractivity contribution in [3.63, 3.8) is 0 Å². The molecule has 0 aliphatic carbocycles. The van der Waals surface area contributed by atoms with Crippen LogP contribution in [-0.4, -0.2) is 20.3 Å². The van der Waals surface area contributed by atoms with Crippen LogP contribution in [0.25, 0.3) is 11.4 Å². The zero-order valence-electron chi connectivity index (χ0n) is 6.75. The highest BCUT2D eigenvalue weighted by Crippen LogP contribution is 2.16. The maximum atomic E-state index is 9.05. The predicted octanol–water partition coefficient (Wildman–Crippen LogP) is 1.24. The fourth-order valence-corrected chi connectivity index (χ4v) is 0.990. The molecule has 1 N–H and O–H groups in total. The molecule has 4 nitrogen and oxygen atoms in total. The topological polar surface area (TPSA) is 58.9 Å². The molecule has 0 saturated carbocycles. The molecule has 0 aliphatic heterocycles. The highest BCUT2D eigenvalue weighted by molar-refractivity contribution is 5.54. The molecular weight excluding hydrogens is 166 g/mol. The molecule has 64 valence electrons. The van der Waals surface area contributed by atoms with Gasteiger partial charge in [0.2, 0.25) is 0 Å². The fourth-order valence-electron chi connectivity index (χ4n) is 0.990. The third-order valence-electron chi connectivity index (χ3n) is 1.61. The Morgan fingerprint density at radius 3 is 2.38 bits per heavy atom. The van der Waals surface area contributed by atoms with Crippen molar-refractivity contribution >= 4 is 0 Å². The zero-order valence-corrected chi connectivity index (χ0v) is 6.75. The van der Waals surface area contributed by atoms with Crippen LogP contribution in [0.15, 0.2) is 36.7 Å². The Morgan fingerprint density at radius 2 is 1.77 bits per heavy atom. The number of benzene rings is 1. The van der Waals surface area contributed by atoms with Crippen molar-refractivity contribution in [2.24, 2.45) is 0 Å². The Labute approximate surface area is 74.9 Å². The first kappa shape index (κ1) is 7.67. The van der Waals surface area contributed by atoms with Crippen LogP contribution in [0.3, 0.4) is 0 Å². The lowest BCUT2D eigenvalue weighted by Crippen LogP contribution is -1.89. The third-order valence-corrected chi connectivity index (χ3v) is 1.61. The first-order valence-electron chi connectivity index (χ1n) is 3.79. The van der Waals surface area contributed by atoms with Crippen LogP contribution in [-0.2, 0) is 0 Å². The minimum absolute atomic E-state index is 0.229. The molecule has 0 bridgehead atoms. The van der Waals surface area contributed by atoms with Crippen LogP contribution in [0.2, 0.25) is 0 Å². The number of phenols is 1. The van der Waals surface area contributed by atoms with E-state index in [-0.39, 0.29) is 5.75 Å². The molecule has 0 aliphatic rings. The summed E-state index contributed by atoms with van der Waals surface area (Å²) in [4.78, 5) is 4.02. The molecule has 1 aromatic carbocycles. The van der Waals surface area contributed by atoms with E-state index in [1.807, 2.05) is 0 Å². The normalized spacial score (nSPS) is 9.85. The van der Waals surface area contributed by atoms with E-state index < -0.39 is 0 Å². The summed E-state index contributed by atoms with van der Waals surface area (Å²) in [6.07, 6.45) is 3.10. The maximum absolute atomic E-state index is 9.05. The fraction of sp³-hybridized carbons (Fsp3) is 0. The second kappa shape index (κ2) is 3.18. The second-order valence-electron chi connectivity index (χ2n) is 2.51. The first-order chi connectivity index (χ1) is 6.36. The minimum atomic E-state index is 0.229. The molecule has 4 heteroatoms. The van der Waals surface area contributed by atoms with Gasteiger partial charge in [-0.05, 0) is 24.3 Å². The molecule has 2 rings (SSSR count). The Morgan fingerprint density at radius 1 is 1.00 bits per heavy atom. The molecule has 0 radical (unpaired) electrons. The van der Waals surface area contributed by atoms with Crippen molar-refractivity contribution in [1.82, 2.24) is 15.2 Å². The van der Waals surface area contributed by atoms with Gasteiger partial charge < -0.3 is 5.11 Å². The van der Waals surface area contributed by atoms with Gasteiger partial charge in [0.1, 0.15) is 5.75 Å². The van der Waals surface area contributed by atoms with Gasteiger partial charge in [0.05, 0.1) is 6.20 Å². The van der Waals surface area contributed by atoms with Gasteiger partial charge in [-0.1, -0.05) is 0 Å². The Hall–Kier alpha value is -1.97. The summed E-state index contributed by atoms with van der Waals surface area (Å²) in [6, 6.07) is 6.66. The standard InChI is InChI=1S/C9H7N3O/c13-8-3-1-7(2-4-8)9-10-5-6-11-12-9/h1-6,13H. The van der Waals surface area contributed by atoms with E-state index >= 15 is 0 Å². The second-order valence-corrected chi connectivity index (χ2v) is 2.51. The molecule has 0 spiro atoms. The van der Waals surface area contributed by atoms with Gasteiger partial charge in [0, 0.05) is 11.8 Å². The quantitative estimate of drug-likeness (QED) is 0.704. The van der Waals surface area contributed by atoms with Gasteiger partial charge in [0.25, 0.3) is 0 Å². The molecule has 0 atom stereocenters. The van der Waals surface area contributed by atoms with Gasteiger partial charge in [-0.2, -0.15) is 5.10 Å². The summed E-state index contributed by atoms with van der Waals surface area (Å²) in [5.74, 6) is 0.787. The van der Waals surface area contributed by atoms with E-state index in [1.54, 1.807) is 30.5 Å². The summed E-state index contributed by atoms with van der Waals surface area (Å²) < 4.78 is 0. The molecule has 0 unspecified atom stereocenters. The number of hydrogen-bond acceptors (Lipinski definition) is 4. The predicted molar refractivity (Wildman–Crippen MR) is 46.9 cm³/mol. The number of nitrogens with zero attached hydrogens (tertiary/aromatic N) is 3. The van der Waals surface area contributed by atoms with E-state index in [1.165, 1.54) is 6.20 Å². The monoisotopic (exact) mass is 173 g/mol. The third kappa shape index (κ3) is 1.61. The smallest absolute Gasteiger partial charge is 0.181 e. The van der Waals surface area contributed by atoms with E-state index in [2.05, 4.69) is 15.2 Å². The van der Waals surface area contributed by atoms with E-state index in [0.717, 1.165) is 5.56 Å². The lowest BCUT2D eigenvalue weighted by molar-refractivity contribution is 0.475. The maximum Gasteiger partial charge on any atom is 0.181 e. The molecular formula is C9H7N3O. The molecule has 0 saturated heterocycles. The van der Waals surface area contributed by atoms with Crippen molar-refractivity contribution in [2.45, 2.75) is 0 Å². The minimum Gasteiger partial charge on any atom is -0.508 e. The van der Waals surface area contributed by atoms with Gasteiger partial charge in [0.15, 0.2) is 5.82 Å². The van der Waals surface area contributed by atoms with E-state index in [9.17, 15) is 0 Å². The highest BCUT2D eigenvalue weighted by atomic mass is 16.3. The first-order valence-corrected chi connectivity index (χ1v) is 3.79. The van der Waals surface area contributed by atoms with E-state index in [4.69, 9.17) is 5.11 Å². The Kier molecular flexibility index (Phi) is 1.88. The molecule has 0 fully saturated rings. The van der Waals surface area contributed by atoms with Crippen molar-refractivity contribution in [3.05, 3.63) is 36.7 Å². The van der Waals surface area contributed by atoms with Gasteiger partial charge in [-0.25, -0.2) is 4.98 Å². The average Bonchev–Trinajstić information content (AvgIpc) is 2.20. The van der Waals surface area contributed by atoms with Crippen LogP contribution >= 0.6 is 0 Å². The lowest BCUT2D eigenvalue weighted by Gasteiger charge is -1.97.